The number of nitrogens with one attached hydrogen (secondary N) is 1. The van der Waals surface area contributed by atoms with Crippen LogP contribution < -0.4 is 9.62 Å². The number of carbonyl (C=O) groups excluding carboxylic acids is 2. The van der Waals surface area contributed by atoms with E-state index in [1.54, 1.807) is 36.4 Å². The molecule has 0 saturated heterocycles. The Bertz CT molecular complexity index is 1400. The maximum atomic E-state index is 14.1. The van der Waals surface area contributed by atoms with Gasteiger partial charge in [-0.3, -0.25) is 13.9 Å². The van der Waals surface area contributed by atoms with Crippen LogP contribution in [0.4, 0.5) is 5.69 Å². The Balaban J connectivity index is 2.03. The molecule has 0 saturated carbocycles. The second-order valence-electron chi connectivity index (χ2n) is 11.2. The summed E-state index contributed by atoms with van der Waals surface area (Å²) >= 11 is 6.10. The number of sulfonamides is 1. The minimum atomic E-state index is -3.82. The van der Waals surface area contributed by atoms with Gasteiger partial charge in [0.25, 0.3) is 0 Å². The van der Waals surface area contributed by atoms with Gasteiger partial charge in [0.1, 0.15) is 12.6 Å². The zero-order valence-electron chi connectivity index (χ0n) is 24.4. The predicted molar refractivity (Wildman–Crippen MR) is 167 cm³/mol. The van der Waals surface area contributed by atoms with E-state index >= 15 is 0 Å². The molecule has 0 aliphatic carbocycles. The zero-order chi connectivity index (χ0) is 30.2. The molecule has 0 unspecified atom stereocenters. The fraction of sp³-hybridized carbons (Fsp3) is 0.375. The Labute approximate surface area is 249 Å². The number of nitrogens with zero attached hydrogens (tertiary/aromatic N) is 2. The van der Waals surface area contributed by atoms with Crippen molar-refractivity contribution >= 4 is 39.1 Å². The monoisotopic (exact) mass is 597 g/mol. The summed E-state index contributed by atoms with van der Waals surface area (Å²) in [4.78, 5) is 29.1. The molecule has 1 atom stereocenters. The first-order chi connectivity index (χ1) is 19.3. The third kappa shape index (κ3) is 9.33. The largest absolute Gasteiger partial charge is 0.354 e. The molecule has 2 amide bonds. The fourth-order valence-corrected chi connectivity index (χ4v) is 5.42. The minimum absolute atomic E-state index is 0.105. The van der Waals surface area contributed by atoms with Crippen LogP contribution >= 0.6 is 11.6 Å². The Morgan fingerprint density at radius 3 is 2.05 bits per heavy atom. The fourth-order valence-electron chi connectivity index (χ4n) is 4.45. The van der Waals surface area contributed by atoms with Crippen molar-refractivity contribution in [1.29, 1.82) is 0 Å². The second-order valence-corrected chi connectivity index (χ2v) is 13.6. The Morgan fingerprint density at radius 1 is 0.902 bits per heavy atom. The maximum Gasteiger partial charge on any atom is 0.244 e. The van der Waals surface area contributed by atoms with Crippen LogP contribution in [-0.2, 0) is 38.0 Å². The van der Waals surface area contributed by atoms with Crippen LogP contribution in [-0.4, -0.2) is 50.5 Å². The molecule has 0 radical (unpaired) electrons. The quantitative estimate of drug-likeness (QED) is 0.296. The van der Waals surface area contributed by atoms with Crippen molar-refractivity contribution in [1.82, 2.24) is 10.2 Å². The van der Waals surface area contributed by atoms with Crippen molar-refractivity contribution in [2.24, 2.45) is 0 Å². The molecular formula is C32H40ClN3O4S. The lowest BCUT2D eigenvalue weighted by molar-refractivity contribution is -0.140. The lowest BCUT2D eigenvalue weighted by atomic mass is 9.87. The third-order valence-corrected chi connectivity index (χ3v) is 8.18. The van der Waals surface area contributed by atoms with Gasteiger partial charge in [-0.25, -0.2) is 8.42 Å². The van der Waals surface area contributed by atoms with E-state index in [2.05, 4.69) is 26.1 Å². The van der Waals surface area contributed by atoms with Gasteiger partial charge in [0.2, 0.25) is 21.8 Å². The highest BCUT2D eigenvalue weighted by Crippen LogP contribution is 2.26. The van der Waals surface area contributed by atoms with Gasteiger partial charge < -0.3 is 10.2 Å². The molecule has 0 aliphatic heterocycles. The summed E-state index contributed by atoms with van der Waals surface area (Å²) < 4.78 is 27.0. The van der Waals surface area contributed by atoms with Crippen molar-refractivity contribution in [2.45, 2.75) is 58.5 Å². The van der Waals surface area contributed by atoms with Crippen LogP contribution in [0, 0.1) is 0 Å². The number of anilines is 1. The molecule has 0 bridgehead atoms. The Hall–Kier alpha value is -3.36. The number of amides is 2. The molecular weight excluding hydrogens is 558 g/mol. The van der Waals surface area contributed by atoms with Gasteiger partial charge in [0.05, 0.1) is 11.9 Å². The van der Waals surface area contributed by atoms with Crippen molar-refractivity contribution in [3.8, 4) is 0 Å². The molecule has 0 aliphatic rings. The first-order valence-corrected chi connectivity index (χ1v) is 16.0. The molecule has 0 aromatic heterocycles. The van der Waals surface area contributed by atoms with E-state index in [1.165, 1.54) is 4.90 Å². The van der Waals surface area contributed by atoms with Gasteiger partial charge in [0.15, 0.2) is 0 Å². The van der Waals surface area contributed by atoms with E-state index in [1.807, 2.05) is 49.4 Å². The van der Waals surface area contributed by atoms with Crippen LogP contribution in [0.3, 0.4) is 0 Å². The van der Waals surface area contributed by atoms with Crippen molar-refractivity contribution < 1.29 is 18.0 Å². The number of hydrogen-bond donors (Lipinski definition) is 1. The molecule has 3 aromatic rings. The van der Waals surface area contributed by atoms with Crippen molar-refractivity contribution in [3.63, 3.8) is 0 Å². The van der Waals surface area contributed by atoms with Crippen molar-refractivity contribution in [2.75, 3.05) is 23.7 Å². The summed E-state index contributed by atoms with van der Waals surface area (Å²) in [5.74, 6) is -0.781. The summed E-state index contributed by atoms with van der Waals surface area (Å²) in [6.07, 6.45) is 2.09. The molecule has 1 N–H and O–H groups in total. The third-order valence-electron chi connectivity index (χ3n) is 6.79. The molecule has 3 aromatic carbocycles. The zero-order valence-corrected chi connectivity index (χ0v) is 26.0. The number of benzene rings is 3. The Morgan fingerprint density at radius 2 is 1.51 bits per heavy atom. The summed E-state index contributed by atoms with van der Waals surface area (Å²) in [6.45, 7) is 8.29. The van der Waals surface area contributed by atoms with Gasteiger partial charge in [-0.15, -0.1) is 0 Å². The first-order valence-electron chi connectivity index (χ1n) is 13.7. The smallest absolute Gasteiger partial charge is 0.244 e. The van der Waals surface area contributed by atoms with E-state index in [-0.39, 0.29) is 24.3 Å². The molecule has 0 fully saturated rings. The van der Waals surface area contributed by atoms with E-state index in [9.17, 15) is 18.0 Å². The molecule has 7 nitrogen and oxygen atoms in total. The molecule has 220 valence electrons. The van der Waals surface area contributed by atoms with E-state index in [0.29, 0.717) is 17.3 Å². The van der Waals surface area contributed by atoms with Crippen LogP contribution in [0.25, 0.3) is 0 Å². The highest BCUT2D eigenvalue weighted by atomic mass is 35.5. The van der Waals surface area contributed by atoms with Crippen LogP contribution in [0.5, 0.6) is 0 Å². The van der Waals surface area contributed by atoms with Crippen molar-refractivity contribution in [3.05, 3.63) is 101 Å². The van der Waals surface area contributed by atoms with Gasteiger partial charge in [-0.2, -0.15) is 0 Å². The van der Waals surface area contributed by atoms with Gasteiger partial charge in [0, 0.05) is 24.5 Å². The topological polar surface area (TPSA) is 86.8 Å². The van der Waals surface area contributed by atoms with Crippen LogP contribution in [0.2, 0.25) is 5.02 Å². The van der Waals surface area contributed by atoms with Gasteiger partial charge in [-0.05, 0) is 52.8 Å². The summed E-state index contributed by atoms with van der Waals surface area (Å²) in [5.41, 5.74) is 2.97. The molecule has 9 heteroatoms. The molecule has 0 heterocycles. The standard InChI is InChI=1S/C32H40ClN3O4S/c1-6-20-34-31(38)29(21-24-10-8-7-9-11-24)35(22-25-12-16-27(33)17-13-25)30(37)23-36(41(5,39)40)28-18-14-26(15-19-28)32(2,3)4/h7-19,29H,6,20-23H2,1-5H3,(H,34,38)/t29-/m1/s1. The highest BCUT2D eigenvalue weighted by Gasteiger charge is 2.33. The average Bonchev–Trinajstić information content (AvgIpc) is 2.92. The first kappa shape index (κ1) is 32.2. The van der Waals surface area contributed by atoms with E-state index in [4.69, 9.17) is 11.6 Å². The minimum Gasteiger partial charge on any atom is -0.354 e. The maximum absolute atomic E-state index is 14.1. The number of carbonyl (C=O) groups is 2. The van der Waals surface area contributed by atoms with Crippen LogP contribution in [0.15, 0.2) is 78.9 Å². The van der Waals surface area contributed by atoms with E-state index in [0.717, 1.165) is 33.7 Å². The van der Waals surface area contributed by atoms with Crippen LogP contribution in [0.1, 0.15) is 50.8 Å². The molecule has 0 spiro atoms. The Kier molecular flexibility index (Phi) is 11.0. The lowest BCUT2D eigenvalue weighted by Crippen LogP contribution is -2.53. The van der Waals surface area contributed by atoms with E-state index < -0.39 is 28.5 Å². The van der Waals surface area contributed by atoms with Gasteiger partial charge >= 0.3 is 0 Å². The number of rotatable bonds is 12. The average molecular weight is 598 g/mol. The second kappa shape index (κ2) is 14.0. The normalized spacial score (nSPS) is 12.4. The molecule has 41 heavy (non-hydrogen) atoms. The number of halogens is 1. The lowest BCUT2D eigenvalue weighted by Gasteiger charge is -2.33. The SMILES string of the molecule is CCCNC(=O)[C@@H](Cc1ccccc1)N(Cc1ccc(Cl)cc1)C(=O)CN(c1ccc(C(C)(C)C)cc1)S(C)(=O)=O. The summed E-state index contributed by atoms with van der Waals surface area (Å²) in [7, 11) is -3.82. The molecule has 3 rings (SSSR count). The predicted octanol–water partition coefficient (Wildman–Crippen LogP) is 5.57. The van der Waals surface area contributed by atoms with Gasteiger partial charge in [-0.1, -0.05) is 93.9 Å². The summed E-state index contributed by atoms with van der Waals surface area (Å²) in [6, 6.07) is 22.8. The number of hydrogen-bond acceptors (Lipinski definition) is 4. The summed E-state index contributed by atoms with van der Waals surface area (Å²) in [5, 5.41) is 3.48. The highest BCUT2D eigenvalue weighted by molar-refractivity contribution is 7.92.